The van der Waals surface area contributed by atoms with E-state index in [2.05, 4.69) is 5.32 Å². The van der Waals surface area contributed by atoms with E-state index in [0.717, 1.165) is 18.3 Å². The number of hydrogen-bond donors (Lipinski definition) is 1. The molecule has 1 saturated heterocycles. The molecular weight excluding hydrogens is 256 g/mol. The molecule has 1 N–H and O–H groups in total. The average molecular weight is 277 g/mol. The fraction of sp³-hybridized carbons (Fsp3) is 0.600. The Hall–Kier alpha value is -1.07. The second kappa shape index (κ2) is 4.47. The van der Waals surface area contributed by atoms with Crippen molar-refractivity contribution in [3.63, 3.8) is 0 Å². The van der Waals surface area contributed by atoms with Crippen LogP contribution in [-0.4, -0.2) is 24.4 Å². The average Bonchev–Trinajstić information content (AvgIpc) is 3.10. The molecule has 2 fully saturated rings. The van der Waals surface area contributed by atoms with Gasteiger partial charge in [-0.1, -0.05) is 6.07 Å². The molecule has 1 aliphatic heterocycles. The molecule has 20 heavy (non-hydrogen) atoms. The molecule has 1 aromatic rings. The zero-order chi connectivity index (χ0) is 14.5. The minimum atomic E-state index is -0.510. The standard InChI is InChI=1S/C15H21BFNO2/c1-14(2)15(3,4)20-16(19-14)10-5-8-13(12(17)9-10)18-11-6-7-11/h5,8-9,11,18H,6-7H2,1-4H3. The van der Waals surface area contributed by atoms with Gasteiger partial charge >= 0.3 is 7.12 Å². The monoisotopic (exact) mass is 277 g/mol. The minimum absolute atomic E-state index is 0.246. The van der Waals surface area contributed by atoms with Gasteiger partial charge in [-0.3, -0.25) is 0 Å². The molecule has 0 amide bonds. The van der Waals surface area contributed by atoms with Crippen LogP contribution in [0.25, 0.3) is 0 Å². The van der Waals surface area contributed by atoms with Gasteiger partial charge < -0.3 is 14.6 Å². The van der Waals surface area contributed by atoms with E-state index in [-0.39, 0.29) is 5.82 Å². The highest BCUT2D eigenvalue weighted by Crippen LogP contribution is 2.36. The van der Waals surface area contributed by atoms with E-state index < -0.39 is 18.3 Å². The first kappa shape index (κ1) is 13.9. The van der Waals surface area contributed by atoms with Crippen LogP contribution in [0.5, 0.6) is 0 Å². The lowest BCUT2D eigenvalue weighted by molar-refractivity contribution is 0.00578. The highest BCUT2D eigenvalue weighted by Gasteiger charge is 2.51. The first-order valence-electron chi connectivity index (χ1n) is 7.20. The van der Waals surface area contributed by atoms with Gasteiger partial charge in [0.25, 0.3) is 0 Å². The van der Waals surface area contributed by atoms with Crippen molar-refractivity contribution < 1.29 is 13.7 Å². The summed E-state index contributed by atoms with van der Waals surface area (Å²) in [6.07, 6.45) is 2.25. The van der Waals surface area contributed by atoms with Gasteiger partial charge in [0.2, 0.25) is 0 Å². The van der Waals surface area contributed by atoms with Crippen LogP contribution in [0.1, 0.15) is 40.5 Å². The normalized spacial score (nSPS) is 23.9. The van der Waals surface area contributed by atoms with Crippen molar-refractivity contribution in [3.05, 3.63) is 24.0 Å². The topological polar surface area (TPSA) is 30.5 Å². The molecule has 0 spiro atoms. The van der Waals surface area contributed by atoms with Crippen molar-refractivity contribution in [2.24, 2.45) is 0 Å². The quantitative estimate of drug-likeness (QED) is 0.862. The fourth-order valence-corrected chi connectivity index (χ4v) is 2.22. The van der Waals surface area contributed by atoms with Crippen molar-refractivity contribution in [2.75, 3.05) is 5.32 Å². The smallest absolute Gasteiger partial charge is 0.399 e. The van der Waals surface area contributed by atoms with E-state index in [1.165, 1.54) is 6.07 Å². The molecule has 1 aromatic carbocycles. The zero-order valence-electron chi connectivity index (χ0n) is 12.5. The molecule has 5 heteroatoms. The Bertz CT molecular complexity index is 513. The summed E-state index contributed by atoms with van der Waals surface area (Å²) in [6.45, 7) is 7.97. The molecule has 0 aromatic heterocycles. The van der Waals surface area contributed by atoms with E-state index in [0.29, 0.717) is 11.7 Å². The van der Waals surface area contributed by atoms with Crippen molar-refractivity contribution in [1.82, 2.24) is 0 Å². The predicted octanol–water partition coefficient (Wildman–Crippen LogP) is 2.70. The van der Waals surface area contributed by atoms with Crippen LogP contribution < -0.4 is 10.8 Å². The molecule has 0 unspecified atom stereocenters. The zero-order valence-corrected chi connectivity index (χ0v) is 12.5. The molecule has 108 valence electrons. The van der Waals surface area contributed by atoms with Gasteiger partial charge in [-0.05, 0) is 58.1 Å². The van der Waals surface area contributed by atoms with Crippen molar-refractivity contribution in [3.8, 4) is 0 Å². The van der Waals surface area contributed by atoms with Gasteiger partial charge in [-0.15, -0.1) is 0 Å². The Balaban J connectivity index is 1.79. The van der Waals surface area contributed by atoms with Gasteiger partial charge in [0, 0.05) is 6.04 Å². The second-order valence-electron chi connectivity index (χ2n) is 6.75. The third-order valence-corrected chi connectivity index (χ3v) is 4.46. The van der Waals surface area contributed by atoms with Crippen LogP contribution in [0.4, 0.5) is 10.1 Å². The first-order valence-corrected chi connectivity index (χ1v) is 7.20. The number of nitrogens with one attached hydrogen (secondary N) is 1. The van der Waals surface area contributed by atoms with E-state index in [9.17, 15) is 4.39 Å². The maximum atomic E-state index is 14.1. The Kier molecular flexibility index (Phi) is 3.10. The largest absolute Gasteiger partial charge is 0.494 e. The van der Waals surface area contributed by atoms with Crippen molar-refractivity contribution in [1.29, 1.82) is 0 Å². The van der Waals surface area contributed by atoms with Crippen LogP contribution in [0, 0.1) is 5.82 Å². The van der Waals surface area contributed by atoms with E-state index in [1.807, 2.05) is 33.8 Å². The molecule has 2 aliphatic rings. The third kappa shape index (κ3) is 2.45. The number of halogens is 1. The summed E-state index contributed by atoms with van der Waals surface area (Å²) in [5.74, 6) is -0.246. The molecule has 3 nitrogen and oxygen atoms in total. The Morgan fingerprint density at radius 1 is 1.15 bits per heavy atom. The Morgan fingerprint density at radius 2 is 1.75 bits per heavy atom. The predicted molar refractivity (Wildman–Crippen MR) is 78.8 cm³/mol. The lowest BCUT2D eigenvalue weighted by Gasteiger charge is -2.32. The Morgan fingerprint density at radius 3 is 2.25 bits per heavy atom. The first-order chi connectivity index (χ1) is 9.28. The molecule has 1 saturated carbocycles. The summed E-state index contributed by atoms with van der Waals surface area (Å²) in [7, 11) is -0.510. The highest BCUT2D eigenvalue weighted by atomic mass is 19.1. The van der Waals surface area contributed by atoms with Gasteiger partial charge in [0.1, 0.15) is 5.82 Å². The molecule has 1 aliphatic carbocycles. The minimum Gasteiger partial charge on any atom is -0.399 e. The number of benzene rings is 1. The van der Waals surface area contributed by atoms with Crippen LogP contribution in [0.15, 0.2) is 18.2 Å². The molecule has 3 rings (SSSR count). The number of hydrogen-bond acceptors (Lipinski definition) is 3. The van der Waals surface area contributed by atoms with Crippen molar-refractivity contribution >= 4 is 18.3 Å². The third-order valence-electron chi connectivity index (χ3n) is 4.46. The fourth-order valence-electron chi connectivity index (χ4n) is 2.22. The lowest BCUT2D eigenvalue weighted by Crippen LogP contribution is -2.41. The molecule has 1 heterocycles. The maximum Gasteiger partial charge on any atom is 0.494 e. The molecule has 0 bridgehead atoms. The van der Waals surface area contributed by atoms with Crippen LogP contribution in [0.2, 0.25) is 0 Å². The maximum absolute atomic E-state index is 14.1. The van der Waals surface area contributed by atoms with Crippen LogP contribution >= 0.6 is 0 Å². The number of anilines is 1. The Labute approximate surface area is 120 Å². The number of rotatable bonds is 3. The van der Waals surface area contributed by atoms with Crippen molar-refractivity contribution in [2.45, 2.75) is 57.8 Å². The lowest BCUT2D eigenvalue weighted by atomic mass is 9.79. The molecular formula is C15H21BFNO2. The van der Waals surface area contributed by atoms with E-state index >= 15 is 0 Å². The van der Waals surface area contributed by atoms with Crippen LogP contribution in [0.3, 0.4) is 0 Å². The summed E-state index contributed by atoms with van der Waals surface area (Å²) in [5.41, 5.74) is 0.480. The second-order valence-corrected chi connectivity index (χ2v) is 6.75. The highest BCUT2D eigenvalue weighted by molar-refractivity contribution is 6.62. The van der Waals surface area contributed by atoms with E-state index in [4.69, 9.17) is 9.31 Å². The molecule has 0 radical (unpaired) electrons. The van der Waals surface area contributed by atoms with Crippen LogP contribution in [-0.2, 0) is 9.31 Å². The van der Waals surface area contributed by atoms with Gasteiger partial charge in [-0.25, -0.2) is 4.39 Å². The summed E-state index contributed by atoms with van der Waals surface area (Å²) in [4.78, 5) is 0. The summed E-state index contributed by atoms with van der Waals surface area (Å²) >= 11 is 0. The van der Waals surface area contributed by atoms with Gasteiger partial charge in [0.05, 0.1) is 16.9 Å². The SMILES string of the molecule is CC1(C)OB(c2ccc(NC3CC3)c(F)c2)OC1(C)C. The summed E-state index contributed by atoms with van der Waals surface area (Å²) < 4.78 is 26.0. The van der Waals surface area contributed by atoms with Gasteiger partial charge in [-0.2, -0.15) is 0 Å². The van der Waals surface area contributed by atoms with E-state index in [1.54, 1.807) is 6.07 Å². The summed E-state index contributed by atoms with van der Waals surface area (Å²) in [5, 5.41) is 3.18. The summed E-state index contributed by atoms with van der Waals surface area (Å²) in [6, 6.07) is 5.59. The van der Waals surface area contributed by atoms with Gasteiger partial charge in [0.15, 0.2) is 0 Å². The molecule has 0 atom stereocenters.